The van der Waals surface area contributed by atoms with Crippen molar-refractivity contribution in [1.29, 1.82) is 0 Å². The van der Waals surface area contributed by atoms with Gasteiger partial charge in [0.05, 0.1) is 11.4 Å². The van der Waals surface area contributed by atoms with Crippen molar-refractivity contribution in [2.24, 2.45) is 0 Å². The van der Waals surface area contributed by atoms with E-state index in [1.807, 2.05) is 17.5 Å². The van der Waals surface area contributed by atoms with E-state index in [4.69, 9.17) is 0 Å². The molecule has 3 aromatic heterocycles. The number of nitrogens with one attached hydrogen (secondary N) is 2. The standard InChI is InChI=1S/C15H14N4OS/c20-13-5-4-9-11(18-13)2-1-3-12(9)19-14-10-6-7-21-15(10)17-8-16-14/h4-8,12H,1-3H2,(H,18,20)(H,16,17,19). The molecule has 1 unspecified atom stereocenters. The van der Waals surface area contributed by atoms with E-state index < -0.39 is 0 Å². The number of aromatic amines is 1. The van der Waals surface area contributed by atoms with Crippen LogP contribution in [0.2, 0.25) is 0 Å². The van der Waals surface area contributed by atoms with Crippen molar-refractivity contribution in [3.63, 3.8) is 0 Å². The van der Waals surface area contributed by atoms with Crippen molar-refractivity contribution in [2.75, 3.05) is 5.32 Å². The van der Waals surface area contributed by atoms with Gasteiger partial charge in [-0.1, -0.05) is 0 Å². The predicted octanol–water partition coefficient (Wildman–Crippen LogP) is 2.87. The van der Waals surface area contributed by atoms with Gasteiger partial charge in [-0.2, -0.15) is 0 Å². The van der Waals surface area contributed by atoms with E-state index in [9.17, 15) is 4.79 Å². The molecule has 0 spiro atoms. The second-order valence-electron chi connectivity index (χ2n) is 5.21. The van der Waals surface area contributed by atoms with Crippen molar-refractivity contribution in [1.82, 2.24) is 15.0 Å². The Labute approximate surface area is 125 Å². The van der Waals surface area contributed by atoms with Gasteiger partial charge in [0.25, 0.3) is 0 Å². The summed E-state index contributed by atoms with van der Waals surface area (Å²) in [4.78, 5) is 24.0. The Morgan fingerprint density at radius 3 is 3.19 bits per heavy atom. The molecule has 3 heterocycles. The first-order valence-corrected chi connectivity index (χ1v) is 7.86. The number of nitrogens with zero attached hydrogens (tertiary/aromatic N) is 2. The Hall–Kier alpha value is -2.21. The topological polar surface area (TPSA) is 70.7 Å². The summed E-state index contributed by atoms with van der Waals surface area (Å²) in [6.07, 6.45) is 4.62. The number of H-pyrrole nitrogens is 1. The molecule has 0 saturated carbocycles. The molecule has 3 aromatic rings. The third kappa shape index (κ3) is 2.21. The van der Waals surface area contributed by atoms with Crippen molar-refractivity contribution < 1.29 is 0 Å². The zero-order chi connectivity index (χ0) is 14.2. The third-order valence-electron chi connectivity index (χ3n) is 3.90. The lowest BCUT2D eigenvalue weighted by atomic mass is 9.91. The number of aryl methyl sites for hydroxylation is 1. The SMILES string of the molecule is O=c1ccc2c([nH]1)CCCC2Nc1ncnc2sccc12. The van der Waals surface area contributed by atoms with E-state index >= 15 is 0 Å². The quantitative estimate of drug-likeness (QED) is 0.763. The third-order valence-corrected chi connectivity index (χ3v) is 4.73. The van der Waals surface area contributed by atoms with Crippen LogP contribution in [-0.2, 0) is 6.42 Å². The van der Waals surface area contributed by atoms with Crippen LogP contribution in [0.5, 0.6) is 0 Å². The maximum Gasteiger partial charge on any atom is 0.248 e. The minimum absolute atomic E-state index is 0.0309. The lowest BCUT2D eigenvalue weighted by Gasteiger charge is -2.26. The second kappa shape index (κ2) is 4.96. The van der Waals surface area contributed by atoms with E-state index in [1.54, 1.807) is 23.7 Å². The van der Waals surface area contributed by atoms with Gasteiger partial charge in [0, 0.05) is 11.8 Å². The molecular formula is C15H14N4OS. The summed E-state index contributed by atoms with van der Waals surface area (Å²) in [5.41, 5.74) is 2.18. The fourth-order valence-electron chi connectivity index (χ4n) is 2.92. The summed E-state index contributed by atoms with van der Waals surface area (Å²) in [7, 11) is 0. The molecule has 0 aliphatic heterocycles. The minimum atomic E-state index is -0.0309. The fourth-order valence-corrected chi connectivity index (χ4v) is 3.65. The maximum absolute atomic E-state index is 11.5. The molecule has 106 valence electrons. The highest BCUT2D eigenvalue weighted by molar-refractivity contribution is 7.16. The zero-order valence-electron chi connectivity index (χ0n) is 11.3. The molecule has 1 aliphatic rings. The van der Waals surface area contributed by atoms with Crippen LogP contribution in [0.15, 0.2) is 34.7 Å². The smallest absolute Gasteiger partial charge is 0.248 e. The monoisotopic (exact) mass is 298 g/mol. The Morgan fingerprint density at radius 2 is 2.24 bits per heavy atom. The van der Waals surface area contributed by atoms with Crippen LogP contribution in [0, 0.1) is 0 Å². The lowest BCUT2D eigenvalue weighted by molar-refractivity contribution is 0.585. The number of fused-ring (bicyclic) bond motifs is 2. The first-order chi connectivity index (χ1) is 10.3. The van der Waals surface area contributed by atoms with Gasteiger partial charge in [-0.15, -0.1) is 11.3 Å². The summed E-state index contributed by atoms with van der Waals surface area (Å²) in [6.45, 7) is 0. The molecule has 4 rings (SSSR count). The summed E-state index contributed by atoms with van der Waals surface area (Å²) >= 11 is 1.61. The summed E-state index contributed by atoms with van der Waals surface area (Å²) in [6, 6.07) is 5.75. The van der Waals surface area contributed by atoms with Gasteiger partial charge in [0.15, 0.2) is 0 Å². The number of aromatic nitrogens is 3. The number of hydrogen-bond donors (Lipinski definition) is 2. The van der Waals surface area contributed by atoms with Gasteiger partial charge >= 0.3 is 0 Å². The molecular weight excluding hydrogens is 284 g/mol. The van der Waals surface area contributed by atoms with Crippen molar-refractivity contribution in [3.05, 3.63) is 51.5 Å². The van der Waals surface area contributed by atoms with E-state index in [-0.39, 0.29) is 11.6 Å². The Morgan fingerprint density at radius 1 is 1.29 bits per heavy atom. The molecule has 0 radical (unpaired) electrons. The summed E-state index contributed by atoms with van der Waals surface area (Å²) in [5.74, 6) is 0.866. The normalized spacial score (nSPS) is 17.6. The van der Waals surface area contributed by atoms with Crippen molar-refractivity contribution in [3.8, 4) is 0 Å². The first-order valence-electron chi connectivity index (χ1n) is 6.98. The molecule has 5 nitrogen and oxygen atoms in total. The minimum Gasteiger partial charge on any atom is -0.363 e. The average Bonchev–Trinajstić information content (AvgIpc) is 2.97. The molecule has 0 fully saturated rings. The lowest BCUT2D eigenvalue weighted by Crippen LogP contribution is -2.22. The number of hydrogen-bond acceptors (Lipinski definition) is 5. The number of thiophene rings is 1. The van der Waals surface area contributed by atoms with Crippen LogP contribution in [0.1, 0.15) is 30.1 Å². The summed E-state index contributed by atoms with van der Waals surface area (Å²) < 4.78 is 0. The van der Waals surface area contributed by atoms with E-state index in [0.717, 1.165) is 41.0 Å². The van der Waals surface area contributed by atoms with Crippen LogP contribution in [0.3, 0.4) is 0 Å². The Bertz CT molecular complexity index is 854. The molecule has 1 aliphatic carbocycles. The number of anilines is 1. The molecule has 21 heavy (non-hydrogen) atoms. The molecule has 1 atom stereocenters. The van der Waals surface area contributed by atoms with E-state index in [2.05, 4.69) is 20.3 Å². The maximum atomic E-state index is 11.5. The summed E-state index contributed by atoms with van der Waals surface area (Å²) in [5, 5.41) is 6.60. The van der Waals surface area contributed by atoms with E-state index in [1.165, 1.54) is 5.56 Å². The van der Waals surface area contributed by atoms with Crippen LogP contribution in [-0.4, -0.2) is 15.0 Å². The molecule has 6 heteroatoms. The van der Waals surface area contributed by atoms with E-state index in [0.29, 0.717) is 0 Å². The number of rotatable bonds is 2. The predicted molar refractivity (Wildman–Crippen MR) is 83.8 cm³/mol. The van der Waals surface area contributed by atoms with Gasteiger partial charge in [0.2, 0.25) is 5.56 Å². The fraction of sp³-hybridized carbons (Fsp3) is 0.267. The Balaban J connectivity index is 1.73. The Kier molecular flexibility index (Phi) is 2.96. The zero-order valence-corrected chi connectivity index (χ0v) is 12.1. The largest absolute Gasteiger partial charge is 0.363 e. The highest BCUT2D eigenvalue weighted by atomic mass is 32.1. The molecule has 0 bridgehead atoms. The van der Waals surface area contributed by atoms with Gasteiger partial charge in [-0.05, 0) is 42.3 Å². The molecule has 0 aromatic carbocycles. The van der Waals surface area contributed by atoms with Crippen LogP contribution in [0.25, 0.3) is 10.2 Å². The van der Waals surface area contributed by atoms with Gasteiger partial charge in [-0.3, -0.25) is 4.79 Å². The first kappa shape index (κ1) is 12.5. The van der Waals surface area contributed by atoms with Crippen LogP contribution in [0.4, 0.5) is 5.82 Å². The van der Waals surface area contributed by atoms with Gasteiger partial charge < -0.3 is 10.3 Å². The van der Waals surface area contributed by atoms with Gasteiger partial charge in [0.1, 0.15) is 17.0 Å². The highest BCUT2D eigenvalue weighted by Gasteiger charge is 2.21. The van der Waals surface area contributed by atoms with Crippen molar-refractivity contribution >= 4 is 27.4 Å². The molecule has 0 amide bonds. The average molecular weight is 298 g/mol. The van der Waals surface area contributed by atoms with Crippen molar-refractivity contribution in [2.45, 2.75) is 25.3 Å². The number of pyridine rings is 1. The second-order valence-corrected chi connectivity index (χ2v) is 6.10. The van der Waals surface area contributed by atoms with Crippen LogP contribution >= 0.6 is 11.3 Å². The molecule has 0 saturated heterocycles. The van der Waals surface area contributed by atoms with Gasteiger partial charge in [-0.25, -0.2) is 9.97 Å². The molecule has 2 N–H and O–H groups in total. The van der Waals surface area contributed by atoms with Crippen LogP contribution < -0.4 is 10.9 Å². The highest BCUT2D eigenvalue weighted by Crippen LogP contribution is 2.32.